The second-order valence-corrected chi connectivity index (χ2v) is 4.14. The fourth-order valence-corrected chi connectivity index (χ4v) is 1.53. The first-order valence-electron chi connectivity index (χ1n) is 5.80. The highest BCUT2D eigenvalue weighted by atomic mass is 19.2. The Balaban J connectivity index is 2.27. The lowest BCUT2D eigenvalue weighted by Crippen LogP contribution is -2.31. The molecule has 3 nitrogen and oxygen atoms in total. The van der Waals surface area contributed by atoms with Gasteiger partial charge in [-0.3, -0.25) is 0 Å². The maximum Gasteiger partial charge on any atom is 0.785 e. The normalized spacial score (nSPS) is 10.7. The number of hydrogen-bond acceptors (Lipinski definition) is 3. The molecule has 24 heavy (non-hydrogen) atoms. The Morgan fingerprint density at radius 1 is 0.625 bits per heavy atom. The van der Waals surface area contributed by atoms with Gasteiger partial charge in [0.15, 0.2) is 23.2 Å². The molecule has 0 aliphatic carbocycles. The van der Waals surface area contributed by atoms with Crippen molar-refractivity contribution in [1.82, 2.24) is 0 Å². The molecular formula is C12H3BF8O3. The third kappa shape index (κ3) is 3.23. The topological polar surface area (TPSA) is 38.7 Å². The van der Waals surface area contributed by atoms with Gasteiger partial charge < -0.3 is 14.3 Å². The molecule has 2 aromatic rings. The number of halogens is 8. The largest absolute Gasteiger partial charge is 0.785 e. The Kier molecular flexibility index (Phi) is 4.87. The van der Waals surface area contributed by atoms with Crippen LogP contribution in [0, 0.1) is 46.5 Å². The molecule has 0 spiro atoms. The Hall–Kier alpha value is -2.50. The highest BCUT2D eigenvalue weighted by molar-refractivity contribution is 6.36. The van der Waals surface area contributed by atoms with Crippen LogP contribution in [0.2, 0.25) is 0 Å². The van der Waals surface area contributed by atoms with Gasteiger partial charge in [0.25, 0.3) is 0 Å². The van der Waals surface area contributed by atoms with Crippen molar-refractivity contribution in [2.24, 2.45) is 0 Å². The van der Waals surface area contributed by atoms with Crippen LogP contribution >= 0.6 is 0 Å². The van der Waals surface area contributed by atoms with E-state index in [9.17, 15) is 40.1 Å². The molecule has 128 valence electrons. The summed E-state index contributed by atoms with van der Waals surface area (Å²) in [6, 6.07) is 0.479. The SMILES string of the molecule is OB(Oc1cc(F)c(F)c(F)c1)Oc1c(F)c(F)c(F)c(F)c1F. The Labute approximate surface area is 128 Å². The second-order valence-electron chi connectivity index (χ2n) is 4.14. The molecule has 0 fully saturated rings. The molecule has 0 aliphatic heterocycles. The van der Waals surface area contributed by atoms with Gasteiger partial charge in [0.2, 0.25) is 29.1 Å². The van der Waals surface area contributed by atoms with Gasteiger partial charge in [-0.15, -0.1) is 0 Å². The predicted molar refractivity (Wildman–Crippen MR) is 61.8 cm³/mol. The molecule has 0 radical (unpaired) electrons. The fraction of sp³-hybridized carbons (Fsp3) is 0. The highest BCUT2D eigenvalue weighted by Crippen LogP contribution is 2.29. The molecule has 0 heterocycles. The van der Waals surface area contributed by atoms with Crippen LogP contribution in [0.5, 0.6) is 11.5 Å². The summed E-state index contributed by atoms with van der Waals surface area (Å²) in [6.07, 6.45) is 0. The Morgan fingerprint density at radius 3 is 1.50 bits per heavy atom. The zero-order valence-electron chi connectivity index (χ0n) is 11.0. The van der Waals surface area contributed by atoms with Crippen LogP contribution in [0.4, 0.5) is 35.1 Å². The minimum absolute atomic E-state index is 0.240. The van der Waals surface area contributed by atoms with E-state index in [2.05, 4.69) is 9.31 Å². The van der Waals surface area contributed by atoms with Gasteiger partial charge in [0.1, 0.15) is 5.75 Å². The molecule has 0 saturated heterocycles. The van der Waals surface area contributed by atoms with Crippen molar-refractivity contribution < 1.29 is 49.5 Å². The average Bonchev–Trinajstić information content (AvgIpc) is 2.52. The summed E-state index contributed by atoms with van der Waals surface area (Å²) >= 11 is 0. The van der Waals surface area contributed by atoms with Gasteiger partial charge in [-0.1, -0.05) is 0 Å². The number of rotatable bonds is 4. The third-order valence-corrected chi connectivity index (χ3v) is 2.58. The van der Waals surface area contributed by atoms with E-state index in [1.54, 1.807) is 0 Å². The zero-order chi connectivity index (χ0) is 18.2. The van der Waals surface area contributed by atoms with Gasteiger partial charge in [-0.2, -0.15) is 8.78 Å². The van der Waals surface area contributed by atoms with Gasteiger partial charge in [-0.25, -0.2) is 26.3 Å². The van der Waals surface area contributed by atoms with E-state index >= 15 is 0 Å². The van der Waals surface area contributed by atoms with E-state index < -0.39 is 65.4 Å². The van der Waals surface area contributed by atoms with Crippen molar-refractivity contribution in [2.75, 3.05) is 0 Å². The first-order chi connectivity index (χ1) is 11.1. The summed E-state index contributed by atoms with van der Waals surface area (Å²) in [5.74, 6) is -20.1. The number of hydrogen-bond donors (Lipinski definition) is 1. The van der Waals surface area contributed by atoms with Crippen molar-refractivity contribution >= 4 is 7.32 Å². The van der Waals surface area contributed by atoms with E-state index in [-0.39, 0.29) is 12.1 Å². The molecule has 0 unspecified atom stereocenters. The van der Waals surface area contributed by atoms with Crippen LogP contribution in [0.25, 0.3) is 0 Å². The van der Waals surface area contributed by atoms with Gasteiger partial charge in [-0.05, 0) is 0 Å². The summed E-state index contributed by atoms with van der Waals surface area (Å²) in [5.41, 5.74) is 0. The first kappa shape index (κ1) is 17.9. The zero-order valence-corrected chi connectivity index (χ0v) is 11.0. The fourth-order valence-electron chi connectivity index (χ4n) is 1.53. The van der Waals surface area contributed by atoms with Crippen molar-refractivity contribution in [3.8, 4) is 11.5 Å². The van der Waals surface area contributed by atoms with Crippen LogP contribution in [0.15, 0.2) is 12.1 Å². The molecule has 0 bridgehead atoms. The van der Waals surface area contributed by atoms with Crippen LogP contribution in [-0.2, 0) is 0 Å². The molecule has 2 aromatic carbocycles. The molecule has 1 N–H and O–H groups in total. The summed E-state index contributed by atoms with van der Waals surface area (Å²) in [4.78, 5) is 0. The highest BCUT2D eigenvalue weighted by Gasteiger charge is 2.32. The second kappa shape index (κ2) is 6.55. The van der Waals surface area contributed by atoms with Gasteiger partial charge in [0.05, 0.1) is 0 Å². The van der Waals surface area contributed by atoms with E-state index in [0.717, 1.165) is 0 Å². The monoisotopic (exact) mass is 358 g/mol. The Morgan fingerprint density at radius 2 is 1.04 bits per heavy atom. The lowest BCUT2D eigenvalue weighted by Gasteiger charge is -2.13. The van der Waals surface area contributed by atoms with Gasteiger partial charge >= 0.3 is 7.32 Å². The van der Waals surface area contributed by atoms with Crippen LogP contribution in [-0.4, -0.2) is 12.3 Å². The molecule has 0 aliphatic rings. The molecule has 0 aromatic heterocycles. The molecule has 0 amide bonds. The number of benzene rings is 2. The lowest BCUT2D eigenvalue weighted by molar-refractivity contribution is 0.269. The first-order valence-corrected chi connectivity index (χ1v) is 5.80. The van der Waals surface area contributed by atoms with Crippen LogP contribution < -0.4 is 9.31 Å². The van der Waals surface area contributed by atoms with Crippen molar-refractivity contribution in [3.63, 3.8) is 0 Å². The predicted octanol–water partition coefficient (Wildman–Crippen LogP) is 3.23. The average molecular weight is 358 g/mol. The van der Waals surface area contributed by atoms with E-state index in [1.165, 1.54) is 0 Å². The van der Waals surface area contributed by atoms with Crippen molar-refractivity contribution in [1.29, 1.82) is 0 Å². The van der Waals surface area contributed by atoms with E-state index in [1.807, 2.05) is 0 Å². The van der Waals surface area contributed by atoms with Gasteiger partial charge in [0, 0.05) is 12.1 Å². The standard InChI is InChI=1S/C12H3BF8O3/c14-4-1-3(2-5(15)6(4)16)23-13(22)24-12-10(20)8(18)7(17)9(19)11(12)21/h1-2,22H. The third-order valence-electron chi connectivity index (χ3n) is 2.58. The van der Waals surface area contributed by atoms with Crippen LogP contribution in [0.1, 0.15) is 0 Å². The molecule has 12 heteroatoms. The molecule has 0 saturated carbocycles. The maximum atomic E-state index is 13.3. The summed E-state index contributed by atoms with van der Waals surface area (Å²) in [6.45, 7) is 0. The van der Waals surface area contributed by atoms with E-state index in [0.29, 0.717) is 0 Å². The van der Waals surface area contributed by atoms with Crippen molar-refractivity contribution in [2.45, 2.75) is 0 Å². The van der Waals surface area contributed by atoms with Crippen LogP contribution in [0.3, 0.4) is 0 Å². The quantitative estimate of drug-likeness (QED) is 0.395. The van der Waals surface area contributed by atoms with E-state index in [4.69, 9.17) is 0 Å². The Bertz CT molecular complexity index is 748. The smallest absolute Gasteiger partial charge is 0.501 e. The summed E-state index contributed by atoms with van der Waals surface area (Å²) < 4.78 is 112. The summed E-state index contributed by atoms with van der Waals surface area (Å²) in [7, 11) is -2.73. The summed E-state index contributed by atoms with van der Waals surface area (Å²) in [5, 5.41) is 9.25. The molecule has 2 rings (SSSR count). The minimum atomic E-state index is -2.73. The van der Waals surface area contributed by atoms with Crippen molar-refractivity contribution in [3.05, 3.63) is 58.7 Å². The minimum Gasteiger partial charge on any atom is -0.501 e. The maximum absolute atomic E-state index is 13.3. The molecule has 0 atom stereocenters. The lowest BCUT2D eigenvalue weighted by atomic mass is 10.2. The molecular weight excluding hydrogens is 355 g/mol.